The summed E-state index contributed by atoms with van der Waals surface area (Å²) in [5, 5.41) is 5.25. The van der Waals surface area contributed by atoms with E-state index in [1.807, 2.05) is 41.1 Å². The van der Waals surface area contributed by atoms with Crippen molar-refractivity contribution in [2.24, 2.45) is 0 Å². The fourth-order valence-electron chi connectivity index (χ4n) is 2.89. The number of benzene rings is 1. The summed E-state index contributed by atoms with van der Waals surface area (Å²) in [5.41, 5.74) is 1.79. The van der Waals surface area contributed by atoms with Crippen LogP contribution in [0.4, 0.5) is 0 Å². The SMILES string of the molecule is c1ccc2oc(-c3nccn3Cc3cc(C4CC4)on3)cc2c1. The molecule has 0 unspecified atom stereocenters. The first-order valence-corrected chi connectivity index (χ1v) is 7.82. The summed E-state index contributed by atoms with van der Waals surface area (Å²) in [6, 6.07) is 12.0. The second-order valence-corrected chi connectivity index (χ2v) is 6.02. The Labute approximate surface area is 132 Å². The van der Waals surface area contributed by atoms with Crippen LogP contribution >= 0.6 is 0 Å². The first kappa shape index (κ1) is 12.7. The van der Waals surface area contributed by atoms with Crippen LogP contribution in [-0.2, 0) is 6.54 Å². The normalized spacial score (nSPS) is 14.6. The van der Waals surface area contributed by atoms with E-state index in [0.717, 1.165) is 34.0 Å². The van der Waals surface area contributed by atoms with Gasteiger partial charge >= 0.3 is 0 Å². The Hall–Kier alpha value is -2.82. The average Bonchev–Trinajstić information content (AvgIpc) is 3.00. The first-order valence-electron chi connectivity index (χ1n) is 7.82. The monoisotopic (exact) mass is 305 g/mol. The van der Waals surface area contributed by atoms with E-state index in [1.165, 1.54) is 12.8 Å². The van der Waals surface area contributed by atoms with Crippen molar-refractivity contribution in [2.45, 2.75) is 25.3 Å². The summed E-state index contributed by atoms with van der Waals surface area (Å²) in [6.45, 7) is 0.628. The molecular weight excluding hydrogens is 290 g/mol. The third-order valence-electron chi connectivity index (χ3n) is 4.25. The minimum absolute atomic E-state index is 0.578. The molecule has 3 heterocycles. The van der Waals surface area contributed by atoms with Crippen molar-refractivity contribution in [1.29, 1.82) is 0 Å². The van der Waals surface area contributed by atoms with Crippen LogP contribution in [-0.4, -0.2) is 14.7 Å². The molecule has 1 saturated carbocycles. The van der Waals surface area contributed by atoms with E-state index >= 15 is 0 Å². The third kappa shape index (κ3) is 2.25. The van der Waals surface area contributed by atoms with Gasteiger partial charge in [0, 0.05) is 29.8 Å². The lowest BCUT2D eigenvalue weighted by Crippen LogP contribution is -2.00. The van der Waals surface area contributed by atoms with E-state index in [0.29, 0.717) is 12.5 Å². The Morgan fingerprint density at radius 2 is 2.09 bits per heavy atom. The number of nitrogens with zero attached hydrogens (tertiary/aromatic N) is 3. The van der Waals surface area contributed by atoms with Crippen LogP contribution in [0.5, 0.6) is 0 Å². The van der Waals surface area contributed by atoms with E-state index in [4.69, 9.17) is 8.94 Å². The van der Waals surface area contributed by atoms with Crippen molar-refractivity contribution in [3.63, 3.8) is 0 Å². The fourth-order valence-corrected chi connectivity index (χ4v) is 2.89. The maximum absolute atomic E-state index is 5.92. The molecule has 5 nitrogen and oxygen atoms in total. The molecule has 3 aromatic heterocycles. The molecule has 1 aliphatic rings. The molecule has 0 bridgehead atoms. The van der Waals surface area contributed by atoms with Gasteiger partial charge in [0.25, 0.3) is 0 Å². The molecule has 5 rings (SSSR count). The van der Waals surface area contributed by atoms with Gasteiger partial charge in [0.1, 0.15) is 17.0 Å². The van der Waals surface area contributed by atoms with Crippen molar-refractivity contribution < 1.29 is 8.94 Å². The molecule has 1 fully saturated rings. The summed E-state index contributed by atoms with van der Waals surface area (Å²) >= 11 is 0. The minimum atomic E-state index is 0.578. The van der Waals surface area contributed by atoms with Crippen molar-refractivity contribution in [2.75, 3.05) is 0 Å². The molecule has 0 amide bonds. The van der Waals surface area contributed by atoms with Crippen LogP contribution in [0.3, 0.4) is 0 Å². The fraction of sp³-hybridized carbons (Fsp3) is 0.222. The van der Waals surface area contributed by atoms with Crippen LogP contribution in [0.15, 0.2) is 57.7 Å². The number of rotatable bonds is 4. The van der Waals surface area contributed by atoms with E-state index in [9.17, 15) is 0 Å². The van der Waals surface area contributed by atoms with E-state index in [2.05, 4.69) is 16.2 Å². The number of aromatic nitrogens is 3. The quantitative estimate of drug-likeness (QED) is 0.566. The van der Waals surface area contributed by atoms with Gasteiger partial charge in [0.05, 0.1) is 6.54 Å². The summed E-state index contributed by atoms with van der Waals surface area (Å²) in [4.78, 5) is 4.44. The van der Waals surface area contributed by atoms with Crippen molar-refractivity contribution in [1.82, 2.24) is 14.7 Å². The van der Waals surface area contributed by atoms with Gasteiger partial charge in [-0.1, -0.05) is 23.4 Å². The molecule has 0 spiro atoms. The highest BCUT2D eigenvalue weighted by Crippen LogP contribution is 2.40. The number of fused-ring (bicyclic) bond motifs is 1. The van der Waals surface area contributed by atoms with Gasteiger partial charge in [-0.3, -0.25) is 0 Å². The number of hydrogen-bond acceptors (Lipinski definition) is 4. The van der Waals surface area contributed by atoms with E-state index < -0.39 is 0 Å². The number of imidazole rings is 1. The van der Waals surface area contributed by atoms with Gasteiger partial charge in [-0.2, -0.15) is 0 Å². The number of para-hydroxylation sites is 1. The molecule has 0 aliphatic heterocycles. The zero-order chi connectivity index (χ0) is 15.2. The molecule has 1 aliphatic carbocycles. The third-order valence-corrected chi connectivity index (χ3v) is 4.25. The highest BCUT2D eigenvalue weighted by Gasteiger charge is 2.28. The van der Waals surface area contributed by atoms with Crippen LogP contribution in [0, 0.1) is 0 Å². The Morgan fingerprint density at radius 1 is 1.17 bits per heavy atom. The highest BCUT2D eigenvalue weighted by molar-refractivity contribution is 5.81. The summed E-state index contributed by atoms with van der Waals surface area (Å²) < 4.78 is 13.4. The van der Waals surface area contributed by atoms with Crippen LogP contribution < -0.4 is 0 Å². The molecular formula is C18H15N3O2. The first-order chi connectivity index (χ1) is 11.4. The minimum Gasteiger partial charge on any atom is -0.453 e. The van der Waals surface area contributed by atoms with Gasteiger partial charge in [-0.05, 0) is 25.0 Å². The maximum Gasteiger partial charge on any atom is 0.176 e. The van der Waals surface area contributed by atoms with Gasteiger partial charge < -0.3 is 13.5 Å². The second-order valence-electron chi connectivity index (χ2n) is 6.02. The van der Waals surface area contributed by atoms with Gasteiger partial charge in [-0.25, -0.2) is 4.98 Å². The largest absolute Gasteiger partial charge is 0.453 e. The van der Waals surface area contributed by atoms with Crippen molar-refractivity contribution in [3.05, 3.63) is 60.2 Å². The molecule has 0 atom stereocenters. The zero-order valence-electron chi connectivity index (χ0n) is 12.5. The van der Waals surface area contributed by atoms with Gasteiger partial charge in [0.15, 0.2) is 11.6 Å². The lowest BCUT2D eigenvalue weighted by molar-refractivity contribution is 0.377. The molecule has 5 heteroatoms. The summed E-state index contributed by atoms with van der Waals surface area (Å²) in [7, 11) is 0. The number of furan rings is 1. The predicted molar refractivity (Wildman–Crippen MR) is 85.0 cm³/mol. The zero-order valence-corrected chi connectivity index (χ0v) is 12.5. The standard InChI is InChI=1S/C18H15N3O2/c1-2-4-15-13(3-1)9-17(22-15)18-19-7-8-21(18)11-14-10-16(23-20-14)12-5-6-12/h1-4,7-10,12H,5-6,11H2. The second kappa shape index (κ2) is 4.84. The Morgan fingerprint density at radius 3 is 2.96 bits per heavy atom. The molecule has 4 aromatic rings. The lowest BCUT2D eigenvalue weighted by Gasteiger charge is -2.02. The average molecular weight is 305 g/mol. The lowest BCUT2D eigenvalue weighted by atomic mass is 10.2. The Balaban J connectivity index is 1.48. The Kier molecular flexibility index (Phi) is 2.67. The van der Waals surface area contributed by atoms with Gasteiger partial charge in [-0.15, -0.1) is 0 Å². The van der Waals surface area contributed by atoms with Crippen molar-refractivity contribution in [3.8, 4) is 11.6 Å². The van der Waals surface area contributed by atoms with E-state index in [-0.39, 0.29) is 0 Å². The highest BCUT2D eigenvalue weighted by atomic mass is 16.5. The van der Waals surface area contributed by atoms with Crippen LogP contribution in [0.1, 0.15) is 30.2 Å². The number of hydrogen-bond donors (Lipinski definition) is 0. The van der Waals surface area contributed by atoms with Crippen molar-refractivity contribution >= 4 is 11.0 Å². The molecule has 23 heavy (non-hydrogen) atoms. The molecule has 0 saturated heterocycles. The molecule has 1 aromatic carbocycles. The Bertz CT molecular complexity index is 942. The smallest absolute Gasteiger partial charge is 0.176 e. The van der Waals surface area contributed by atoms with Gasteiger partial charge in [0.2, 0.25) is 0 Å². The summed E-state index contributed by atoms with van der Waals surface area (Å²) in [5.74, 6) is 3.15. The predicted octanol–water partition coefficient (Wildman–Crippen LogP) is 4.21. The van der Waals surface area contributed by atoms with Crippen LogP contribution in [0.25, 0.3) is 22.6 Å². The summed E-state index contributed by atoms with van der Waals surface area (Å²) in [6.07, 6.45) is 6.15. The van der Waals surface area contributed by atoms with Crippen LogP contribution in [0.2, 0.25) is 0 Å². The van der Waals surface area contributed by atoms with E-state index in [1.54, 1.807) is 6.20 Å². The molecule has 0 radical (unpaired) electrons. The topological polar surface area (TPSA) is 57.0 Å². The molecule has 114 valence electrons. The molecule has 0 N–H and O–H groups in total. The maximum atomic E-state index is 5.92.